The highest BCUT2D eigenvalue weighted by atomic mass is 32.2. The van der Waals surface area contributed by atoms with E-state index >= 15 is 0 Å². The number of anilines is 1. The molecule has 2 aliphatic rings. The molecule has 1 aromatic rings. The van der Waals surface area contributed by atoms with Gasteiger partial charge in [-0.05, 0) is 66.0 Å². The number of aromatic nitrogens is 1. The third-order valence-electron chi connectivity index (χ3n) is 6.16. The molecule has 3 heterocycles. The molecule has 3 N–H and O–H groups in total. The van der Waals surface area contributed by atoms with Crippen LogP contribution in [0.2, 0.25) is 0 Å². The maximum absolute atomic E-state index is 13.5. The smallest absolute Gasteiger partial charge is 0.281 e. The van der Waals surface area contributed by atoms with Gasteiger partial charge in [-0.1, -0.05) is 6.08 Å². The van der Waals surface area contributed by atoms with Gasteiger partial charge in [0.05, 0.1) is 30.3 Å². The first-order valence-electron chi connectivity index (χ1n) is 12.7. The van der Waals surface area contributed by atoms with Gasteiger partial charge in [-0.2, -0.15) is 0 Å². The van der Waals surface area contributed by atoms with Gasteiger partial charge in [-0.15, -0.1) is 0 Å². The molecule has 1 saturated heterocycles. The molecule has 2 aliphatic heterocycles. The summed E-state index contributed by atoms with van der Waals surface area (Å²) in [5, 5.41) is 5.48. The predicted molar refractivity (Wildman–Crippen MR) is 145 cm³/mol. The Bertz CT molecular complexity index is 1260. The lowest BCUT2D eigenvalue weighted by atomic mass is 10.1. The fraction of sp³-hybridized carbons (Fsp3) is 0.600. The molecular weight excluding hydrogens is 512 g/mol. The minimum absolute atomic E-state index is 0.0515. The Kier molecular flexibility index (Phi) is 9.36. The lowest BCUT2D eigenvalue weighted by Gasteiger charge is -2.26. The molecule has 0 aromatic carbocycles. The number of ether oxygens (including phenoxy) is 1. The Morgan fingerprint density at radius 2 is 2.00 bits per heavy atom. The van der Waals surface area contributed by atoms with Gasteiger partial charge < -0.3 is 20.3 Å². The highest BCUT2D eigenvalue weighted by Gasteiger charge is 2.32. The number of carbonyl (C=O) groups excluding carboxylic acids is 2. The van der Waals surface area contributed by atoms with Gasteiger partial charge in [0.15, 0.2) is 0 Å². The molecule has 2 amide bonds. The molecule has 2 unspecified atom stereocenters. The molecule has 1 fully saturated rings. The molecule has 3 rings (SSSR count). The first-order valence-corrected chi connectivity index (χ1v) is 14.3. The Labute approximate surface area is 223 Å². The summed E-state index contributed by atoms with van der Waals surface area (Å²) in [6.07, 6.45) is 4.34. The van der Waals surface area contributed by atoms with Crippen molar-refractivity contribution in [3.8, 4) is 0 Å². The summed E-state index contributed by atoms with van der Waals surface area (Å²) >= 11 is 0. The van der Waals surface area contributed by atoms with Gasteiger partial charge >= 0.3 is 0 Å². The van der Waals surface area contributed by atoms with Crippen molar-refractivity contribution in [1.29, 1.82) is 0 Å². The van der Waals surface area contributed by atoms with Crippen LogP contribution in [0.3, 0.4) is 0 Å². The fourth-order valence-electron chi connectivity index (χ4n) is 4.36. The topological polar surface area (TPSA) is 151 Å². The molecule has 210 valence electrons. The highest BCUT2D eigenvalue weighted by Crippen LogP contribution is 2.23. The molecule has 12 nitrogen and oxygen atoms in total. The Balaban J connectivity index is 1.93. The minimum atomic E-state index is -3.85. The van der Waals surface area contributed by atoms with E-state index < -0.39 is 21.7 Å². The van der Waals surface area contributed by atoms with Crippen LogP contribution in [0.5, 0.6) is 0 Å². The van der Waals surface area contributed by atoms with Crippen LogP contribution in [-0.4, -0.2) is 72.9 Å². The van der Waals surface area contributed by atoms with Crippen LogP contribution in [0.15, 0.2) is 33.7 Å². The van der Waals surface area contributed by atoms with Gasteiger partial charge in [0.25, 0.3) is 5.56 Å². The van der Waals surface area contributed by atoms with Crippen molar-refractivity contribution in [3.05, 3.63) is 40.0 Å². The van der Waals surface area contributed by atoms with Crippen molar-refractivity contribution in [3.63, 3.8) is 0 Å². The Morgan fingerprint density at radius 1 is 1.26 bits per heavy atom. The maximum atomic E-state index is 13.5. The van der Waals surface area contributed by atoms with Gasteiger partial charge in [0.1, 0.15) is 5.69 Å². The first kappa shape index (κ1) is 29.4. The quantitative estimate of drug-likeness (QED) is 0.392. The van der Waals surface area contributed by atoms with E-state index in [1.54, 1.807) is 24.0 Å². The number of hydrogen-bond acceptors (Lipinski definition) is 8. The van der Waals surface area contributed by atoms with Crippen LogP contribution in [-0.2, 0) is 24.3 Å². The minimum Gasteiger partial charge on any atom is -0.377 e. The van der Waals surface area contributed by atoms with E-state index in [2.05, 4.69) is 20.3 Å². The van der Waals surface area contributed by atoms with Gasteiger partial charge in [-0.25, -0.2) is 18.0 Å². The van der Waals surface area contributed by atoms with Crippen molar-refractivity contribution in [2.24, 2.45) is 4.99 Å². The number of sulfonamides is 1. The van der Waals surface area contributed by atoms with Crippen molar-refractivity contribution in [2.75, 3.05) is 23.8 Å². The Hall–Kier alpha value is -3.19. The zero-order valence-corrected chi connectivity index (χ0v) is 23.4. The lowest BCUT2D eigenvalue weighted by Crippen LogP contribution is -2.47. The zero-order valence-electron chi connectivity index (χ0n) is 22.6. The maximum Gasteiger partial charge on any atom is 0.281 e. The van der Waals surface area contributed by atoms with Crippen molar-refractivity contribution in [2.45, 2.75) is 78.0 Å². The molecule has 2 atom stereocenters. The molecule has 1 aromatic heterocycles. The highest BCUT2D eigenvalue weighted by molar-refractivity contribution is 7.92. The van der Waals surface area contributed by atoms with Crippen LogP contribution in [0.25, 0.3) is 0 Å². The van der Waals surface area contributed by atoms with Crippen LogP contribution >= 0.6 is 0 Å². The van der Waals surface area contributed by atoms with E-state index in [9.17, 15) is 22.8 Å². The summed E-state index contributed by atoms with van der Waals surface area (Å²) in [5.41, 5.74) is -0.0446. The molecular formula is C25H38N6O6S. The first-order chi connectivity index (χ1) is 17.8. The van der Waals surface area contributed by atoms with Crippen molar-refractivity contribution >= 4 is 34.0 Å². The standard InChI is InChI=1S/C25H38N6O6S/c1-17-9-10-21(29-38(35,36)14-19-8-6-7-13-37-19)23(34)31(17)24-27-20(18(2)30(24)15-26-16-32)11-12-22(33)28-25(3,4)5/h9-11,16,18-19,29H,6-8,12-15H2,1-5H3,(H,26,32)(H,28,33). The van der Waals surface area contributed by atoms with Crippen LogP contribution in [0.1, 0.15) is 59.1 Å². The van der Waals surface area contributed by atoms with Crippen molar-refractivity contribution in [1.82, 2.24) is 20.1 Å². The predicted octanol–water partition coefficient (Wildman–Crippen LogP) is 1.27. The van der Waals surface area contributed by atoms with Gasteiger partial charge in [-0.3, -0.25) is 19.1 Å². The monoisotopic (exact) mass is 550 g/mol. The number of rotatable bonds is 9. The van der Waals surface area contributed by atoms with E-state index in [0.717, 1.165) is 12.8 Å². The zero-order chi connectivity index (χ0) is 28.1. The van der Waals surface area contributed by atoms with E-state index in [-0.39, 0.29) is 48.0 Å². The second-order valence-corrected chi connectivity index (χ2v) is 12.3. The molecule has 38 heavy (non-hydrogen) atoms. The SMILES string of the molecule is Cc1ccc(NS(=O)(=O)CC2CCCCO2)c(=O)n1C1=NC(=CCC(=O)NC(C)(C)C)C(C)N1CNC=O. The summed E-state index contributed by atoms with van der Waals surface area (Å²) < 4.78 is 34.9. The van der Waals surface area contributed by atoms with Crippen LogP contribution in [0.4, 0.5) is 5.69 Å². The van der Waals surface area contributed by atoms with Crippen LogP contribution < -0.4 is 20.9 Å². The second kappa shape index (κ2) is 12.1. The molecule has 0 spiro atoms. The van der Waals surface area contributed by atoms with Crippen LogP contribution in [0, 0.1) is 6.92 Å². The molecule has 0 aliphatic carbocycles. The second-order valence-electron chi connectivity index (χ2n) is 10.6. The molecule has 13 heteroatoms. The summed E-state index contributed by atoms with van der Waals surface area (Å²) in [4.78, 5) is 43.3. The molecule has 0 radical (unpaired) electrons. The summed E-state index contributed by atoms with van der Waals surface area (Å²) in [7, 11) is -3.85. The molecule has 0 bridgehead atoms. The lowest BCUT2D eigenvalue weighted by molar-refractivity contribution is -0.121. The number of amides is 2. The summed E-state index contributed by atoms with van der Waals surface area (Å²) in [6, 6.07) is 2.68. The third-order valence-corrected chi connectivity index (χ3v) is 7.50. The van der Waals surface area contributed by atoms with E-state index in [1.165, 1.54) is 10.6 Å². The van der Waals surface area contributed by atoms with Gasteiger partial charge in [0, 0.05) is 24.3 Å². The van der Waals surface area contributed by atoms with E-state index in [0.29, 0.717) is 30.8 Å². The molecule has 0 saturated carbocycles. The summed E-state index contributed by atoms with van der Waals surface area (Å²) in [6.45, 7) is 9.78. The number of aryl methyl sites for hydroxylation is 1. The number of pyridine rings is 1. The normalized spacial score (nSPS) is 21.2. The number of nitrogens with zero attached hydrogens (tertiary/aromatic N) is 3. The van der Waals surface area contributed by atoms with E-state index in [1.807, 2.05) is 27.7 Å². The average molecular weight is 551 g/mol. The van der Waals surface area contributed by atoms with Crippen molar-refractivity contribution < 1.29 is 22.7 Å². The van der Waals surface area contributed by atoms with Gasteiger partial charge in [0.2, 0.25) is 28.3 Å². The number of carbonyl (C=O) groups is 2. The fourth-order valence-corrected chi connectivity index (χ4v) is 5.69. The summed E-state index contributed by atoms with van der Waals surface area (Å²) in [5.74, 6) is -0.199. The van der Waals surface area contributed by atoms with E-state index in [4.69, 9.17) is 4.74 Å². The Morgan fingerprint density at radius 3 is 2.63 bits per heavy atom. The third kappa shape index (κ3) is 7.67. The number of hydrogen-bond donors (Lipinski definition) is 3. The number of aliphatic imine (C=N–C) groups is 1. The largest absolute Gasteiger partial charge is 0.377 e. The average Bonchev–Trinajstić information content (AvgIpc) is 3.12. The number of nitrogens with one attached hydrogen (secondary N) is 3.